The van der Waals surface area contributed by atoms with Crippen LogP contribution in [-0.4, -0.2) is 33.5 Å². The van der Waals surface area contributed by atoms with Gasteiger partial charge in [-0.15, -0.1) is 0 Å². The quantitative estimate of drug-likeness (QED) is 0.482. The van der Waals surface area contributed by atoms with Gasteiger partial charge in [0.25, 0.3) is 0 Å². The first-order valence-corrected chi connectivity index (χ1v) is 12.6. The van der Waals surface area contributed by atoms with Gasteiger partial charge in [0.05, 0.1) is 18.1 Å². The van der Waals surface area contributed by atoms with Crippen LogP contribution in [-0.2, 0) is 4.79 Å². The summed E-state index contributed by atoms with van der Waals surface area (Å²) < 4.78 is 0. The molecule has 0 aromatic carbocycles. The van der Waals surface area contributed by atoms with Gasteiger partial charge in [0.1, 0.15) is 0 Å². The van der Waals surface area contributed by atoms with E-state index in [0.29, 0.717) is 29.6 Å². The summed E-state index contributed by atoms with van der Waals surface area (Å²) in [5.41, 5.74) is 0.448. The fourth-order valence-corrected chi connectivity index (χ4v) is 8.21. The summed E-state index contributed by atoms with van der Waals surface area (Å²) in [5.74, 6) is 1.48. The topological polar surface area (TPSA) is 77.8 Å². The lowest BCUT2D eigenvalue weighted by atomic mass is 9.47. The minimum absolute atomic E-state index is 0.198. The molecule has 0 saturated heterocycles. The van der Waals surface area contributed by atoms with Gasteiger partial charge in [0.2, 0.25) is 0 Å². The van der Waals surface area contributed by atoms with Crippen molar-refractivity contribution in [2.45, 2.75) is 111 Å². The van der Waals surface area contributed by atoms with Crippen molar-refractivity contribution in [1.29, 1.82) is 0 Å². The van der Waals surface area contributed by atoms with Crippen molar-refractivity contribution >= 4 is 5.97 Å². The molecule has 0 aromatic rings. The fraction of sp³-hybridized carbons (Fsp3) is 0.962. The highest BCUT2D eigenvalue weighted by Crippen LogP contribution is 2.66. The van der Waals surface area contributed by atoms with Crippen LogP contribution in [0.3, 0.4) is 0 Å². The lowest BCUT2D eigenvalue weighted by Crippen LogP contribution is -2.54. The minimum atomic E-state index is -0.682. The number of aliphatic carboxylic acids is 1. The average molecular weight is 423 g/mol. The minimum Gasteiger partial charge on any atom is -0.481 e. The van der Waals surface area contributed by atoms with Crippen LogP contribution < -0.4 is 0 Å². The second-order valence-corrected chi connectivity index (χ2v) is 11.8. The third-order valence-electron chi connectivity index (χ3n) is 10.1. The van der Waals surface area contributed by atoms with Crippen molar-refractivity contribution in [2.75, 3.05) is 0 Å². The van der Waals surface area contributed by atoms with E-state index in [1.807, 2.05) is 6.92 Å². The van der Waals surface area contributed by atoms with E-state index in [4.69, 9.17) is 0 Å². The molecule has 3 fully saturated rings. The summed E-state index contributed by atoms with van der Waals surface area (Å²) in [6.45, 7) is 11.0. The van der Waals surface area contributed by atoms with E-state index < -0.39 is 5.97 Å². The average Bonchev–Trinajstić information content (AvgIpc) is 3.06. The second kappa shape index (κ2) is 9.10. The third-order valence-corrected chi connectivity index (χ3v) is 10.1. The van der Waals surface area contributed by atoms with Crippen LogP contribution in [0, 0.1) is 46.3 Å². The molecule has 0 amide bonds. The van der Waals surface area contributed by atoms with Gasteiger partial charge in [-0.2, -0.15) is 0 Å². The molecule has 0 aromatic heterocycles. The Kier molecular flexibility index (Phi) is 7.29. The molecule has 0 radical (unpaired) electrons. The van der Waals surface area contributed by atoms with Crippen molar-refractivity contribution in [3.8, 4) is 0 Å². The van der Waals surface area contributed by atoms with Crippen molar-refractivity contribution in [2.24, 2.45) is 46.3 Å². The van der Waals surface area contributed by atoms with E-state index in [2.05, 4.69) is 27.7 Å². The molecule has 174 valence electrons. The van der Waals surface area contributed by atoms with Crippen molar-refractivity contribution in [1.82, 2.24) is 0 Å². The van der Waals surface area contributed by atoms with E-state index in [0.717, 1.165) is 38.5 Å². The van der Waals surface area contributed by atoms with Gasteiger partial charge in [-0.05, 0) is 105 Å². The van der Waals surface area contributed by atoms with Crippen LogP contribution in [0.2, 0.25) is 0 Å². The van der Waals surface area contributed by atoms with E-state index >= 15 is 0 Å². The summed E-state index contributed by atoms with van der Waals surface area (Å²) in [7, 11) is 0. The first-order valence-electron chi connectivity index (χ1n) is 12.6. The molecule has 10 atom stereocenters. The highest BCUT2D eigenvalue weighted by molar-refractivity contribution is 5.69. The van der Waals surface area contributed by atoms with Gasteiger partial charge in [0.15, 0.2) is 0 Å². The predicted octanol–water partition coefficient (Wildman–Crippen LogP) is 5.50. The molecule has 0 aliphatic heterocycles. The van der Waals surface area contributed by atoms with Crippen molar-refractivity contribution in [3.63, 3.8) is 0 Å². The smallest absolute Gasteiger partial charge is 0.306 e. The van der Waals surface area contributed by atoms with E-state index in [-0.39, 0.29) is 29.0 Å². The Balaban J connectivity index is 1.77. The Labute approximate surface area is 183 Å². The van der Waals surface area contributed by atoms with Crippen molar-refractivity contribution < 1.29 is 20.1 Å². The fourth-order valence-electron chi connectivity index (χ4n) is 8.21. The van der Waals surface area contributed by atoms with Gasteiger partial charge in [-0.1, -0.05) is 34.6 Å². The maximum Gasteiger partial charge on any atom is 0.306 e. The molecule has 4 unspecified atom stereocenters. The summed E-state index contributed by atoms with van der Waals surface area (Å²) in [6, 6.07) is 0. The zero-order valence-electron chi connectivity index (χ0n) is 19.9. The van der Waals surface area contributed by atoms with Crippen LogP contribution in [0.15, 0.2) is 0 Å². The Morgan fingerprint density at radius 2 is 1.77 bits per heavy atom. The number of aliphatic hydroxyl groups excluding tert-OH is 2. The standard InChI is InChI=1S/C26H46O4/c1-6-18(27)9-12-25(4)13-11-22(28)23-20(25)10-14-26(5)19(7-8-21(23)26)16(2)15-17(3)24(29)30/h16-23,27-28H,6-15H2,1-5H3,(H,29,30)/t16-,17-,18+,19?,20?,21?,22-,23?,25+,26-/m1/s1. The molecule has 0 bridgehead atoms. The van der Waals surface area contributed by atoms with E-state index in [9.17, 15) is 20.1 Å². The molecule has 3 saturated carbocycles. The van der Waals surface area contributed by atoms with Crippen LogP contribution in [0.4, 0.5) is 0 Å². The summed E-state index contributed by atoms with van der Waals surface area (Å²) in [4.78, 5) is 11.4. The molecule has 3 aliphatic rings. The molecule has 3 rings (SSSR count). The number of carboxylic acids is 1. The van der Waals surface area contributed by atoms with E-state index in [1.165, 1.54) is 25.7 Å². The SMILES string of the molecule is CC[C@H](O)CC[C@@]1(C)CC[C@@H](O)C2C1CC[C@@]1(C)C2CCC1[C@H](C)C[C@@H](C)C(=O)O. The van der Waals surface area contributed by atoms with Crippen LogP contribution in [0.5, 0.6) is 0 Å². The summed E-state index contributed by atoms with van der Waals surface area (Å²) in [5, 5.41) is 30.7. The Morgan fingerprint density at radius 1 is 1.07 bits per heavy atom. The first kappa shape index (κ1) is 24.0. The molecule has 3 N–H and O–H groups in total. The van der Waals surface area contributed by atoms with Gasteiger partial charge in [-0.25, -0.2) is 0 Å². The number of aliphatic hydroxyl groups is 2. The van der Waals surface area contributed by atoms with Crippen LogP contribution >= 0.6 is 0 Å². The molecule has 4 nitrogen and oxygen atoms in total. The number of rotatable bonds is 8. The van der Waals surface area contributed by atoms with Gasteiger partial charge in [0, 0.05) is 0 Å². The summed E-state index contributed by atoms with van der Waals surface area (Å²) >= 11 is 0. The Bertz CT molecular complexity index is 606. The van der Waals surface area contributed by atoms with Crippen molar-refractivity contribution in [3.05, 3.63) is 0 Å². The number of carboxylic acid groups (broad SMARTS) is 1. The molecule has 0 spiro atoms. The molecular weight excluding hydrogens is 376 g/mol. The van der Waals surface area contributed by atoms with E-state index in [1.54, 1.807) is 0 Å². The molecule has 4 heteroatoms. The molecular formula is C26H46O4. The maximum absolute atomic E-state index is 11.4. The zero-order chi connectivity index (χ0) is 22.3. The lowest BCUT2D eigenvalue weighted by molar-refractivity contribution is -0.143. The number of hydrogen-bond donors (Lipinski definition) is 3. The Hall–Kier alpha value is -0.610. The highest BCUT2D eigenvalue weighted by atomic mass is 16.4. The third kappa shape index (κ3) is 4.33. The normalized spacial score (nSPS) is 44.0. The number of fused-ring (bicyclic) bond motifs is 3. The Morgan fingerprint density at radius 3 is 2.40 bits per heavy atom. The van der Waals surface area contributed by atoms with Crippen LogP contribution in [0.1, 0.15) is 98.8 Å². The highest BCUT2D eigenvalue weighted by Gasteiger charge is 2.60. The predicted molar refractivity (Wildman–Crippen MR) is 120 cm³/mol. The van der Waals surface area contributed by atoms with Crippen LogP contribution in [0.25, 0.3) is 0 Å². The van der Waals surface area contributed by atoms with Gasteiger partial charge >= 0.3 is 5.97 Å². The van der Waals surface area contributed by atoms with Gasteiger partial charge < -0.3 is 15.3 Å². The second-order valence-electron chi connectivity index (χ2n) is 11.8. The number of carbonyl (C=O) groups is 1. The largest absolute Gasteiger partial charge is 0.481 e. The zero-order valence-corrected chi connectivity index (χ0v) is 19.9. The monoisotopic (exact) mass is 422 g/mol. The first-order chi connectivity index (χ1) is 14.0. The number of hydrogen-bond acceptors (Lipinski definition) is 3. The maximum atomic E-state index is 11.4. The molecule has 30 heavy (non-hydrogen) atoms. The lowest BCUT2D eigenvalue weighted by Gasteiger charge is -2.58. The molecule has 0 heterocycles. The summed E-state index contributed by atoms with van der Waals surface area (Å²) in [6.07, 6.45) is 9.82. The van der Waals surface area contributed by atoms with Gasteiger partial charge in [-0.3, -0.25) is 4.79 Å². The molecule has 3 aliphatic carbocycles.